The number of carbonyl (C=O) groups is 2. The lowest BCUT2D eigenvalue weighted by atomic mass is 10.2. The third kappa shape index (κ3) is 8.46. The van der Waals surface area contributed by atoms with Crippen molar-refractivity contribution in [1.29, 1.82) is 0 Å². The Hall–Kier alpha value is -4.34. The van der Waals surface area contributed by atoms with Crippen molar-refractivity contribution < 1.29 is 19.1 Å². The topological polar surface area (TPSA) is 109 Å². The van der Waals surface area contributed by atoms with Gasteiger partial charge in [-0.25, -0.2) is 9.59 Å². The molecule has 0 amide bonds. The molecule has 0 spiro atoms. The molecule has 3 rings (SSSR count). The Kier molecular flexibility index (Phi) is 9.44. The van der Waals surface area contributed by atoms with Gasteiger partial charge in [-0.15, -0.1) is 10.2 Å². The van der Waals surface area contributed by atoms with Crippen LogP contribution < -0.4 is 0 Å². The molecule has 10 nitrogen and oxygen atoms in total. The molecule has 0 saturated carbocycles. The average molecular weight is 491 g/mol. The highest BCUT2D eigenvalue weighted by atomic mass is 16.5. The maximum Gasteiger partial charge on any atom is 0.333 e. The van der Waals surface area contributed by atoms with Crippen molar-refractivity contribution in [3.63, 3.8) is 0 Å². The largest absolute Gasteiger partial charge is 0.457 e. The summed E-state index contributed by atoms with van der Waals surface area (Å²) in [5.74, 6) is -0.816. The number of benzene rings is 2. The zero-order chi connectivity index (χ0) is 25.9. The van der Waals surface area contributed by atoms with Gasteiger partial charge in [0.05, 0.1) is 37.6 Å². The van der Waals surface area contributed by atoms with Crippen LogP contribution in [-0.4, -0.2) is 48.1 Å². The predicted molar refractivity (Wildman–Crippen MR) is 134 cm³/mol. The van der Waals surface area contributed by atoms with Gasteiger partial charge in [-0.2, -0.15) is 0 Å². The Labute approximate surface area is 210 Å². The molecule has 10 heteroatoms. The first-order valence-electron chi connectivity index (χ1n) is 11.5. The first-order chi connectivity index (χ1) is 17.3. The van der Waals surface area contributed by atoms with Crippen molar-refractivity contribution in [3.8, 4) is 0 Å². The quantitative estimate of drug-likeness (QED) is 0.256. The maximum absolute atomic E-state index is 11.5. The SMILES string of the molecule is C=C(C)C(=O)OCc1ccc(/N=N/N2CCN(/N=N/c3ccc(COC(=O)C(=C)C)cc3)CC2)cc1. The summed E-state index contributed by atoms with van der Waals surface area (Å²) in [6.45, 7) is 13.4. The van der Waals surface area contributed by atoms with Crippen molar-refractivity contribution in [3.05, 3.63) is 84.0 Å². The van der Waals surface area contributed by atoms with E-state index in [9.17, 15) is 9.59 Å². The molecule has 1 aliphatic rings. The average Bonchev–Trinajstić information content (AvgIpc) is 2.89. The second-order valence-corrected chi connectivity index (χ2v) is 8.33. The molecule has 1 saturated heterocycles. The van der Waals surface area contributed by atoms with E-state index in [4.69, 9.17) is 9.47 Å². The number of hydrogen-bond acceptors (Lipinski definition) is 8. The summed E-state index contributed by atoms with van der Waals surface area (Å²) in [5.41, 5.74) is 3.90. The van der Waals surface area contributed by atoms with E-state index in [1.165, 1.54) is 0 Å². The van der Waals surface area contributed by atoms with Crippen LogP contribution in [0, 0.1) is 0 Å². The van der Waals surface area contributed by atoms with E-state index in [0.717, 1.165) is 11.1 Å². The number of esters is 2. The summed E-state index contributed by atoms with van der Waals surface area (Å²) in [7, 11) is 0. The fourth-order valence-electron chi connectivity index (χ4n) is 2.96. The van der Waals surface area contributed by atoms with Gasteiger partial charge in [0.15, 0.2) is 0 Å². The monoisotopic (exact) mass is 490 g/mol. The number of nitrogens with zero attached hydrogens (tertiary/aromatic N) is 6. The highest BCUT2D eigenvalue weighted by Crippen LogP contribution is 2.17. The zero-order valence-corrected chi connectivity index (χ0v) is 20.6. The Morgan fingerprint density at radius 2 is 1.03 bits per heavy atom. The van der Waals surface area contributed by atoms with E-state index < -0.39 is 11.9 Å². The molecule has 0 N–H and O–H groups in total. The molecule has 2 aromatic rings. The zero-order valence-electron chi connectivity index (χ0n) is 20.6. The van der Waals surface area contributed by atoms with Crippen molar-refractivity contribution in [2.45, 2.75) is 27.1 Å². The third-order valence-corrected chi connectivity index (χ3v) is 5.12. The number of rotatable bonds is 10. The fraction of sp³-hybridized carbons (Fsp3) is 0.308. The standard InChI is InChI=1S/C26H30N6O4/c1-19(2)25(33)35-17-21-5-9-23(10-6-21)27-29-31-13-15-32(16-14-31)30-28-24-11-7-22(8-12-24)18-36-26(34)20(3)4/h5-12H,1,3,13-18H2,2,4H3/b29-27+,30-28+. The molecule has 1 heterocycles. The summed E-state index contributed by atoms with van der Waals surface area (Å²) in [6.07, 6.45) is 0. The minimum Gasteiger partial charge on any atom is -0.457 e. The Bertz CT molecular complexity index is 1040. The molecule has 0 bridgehead atoms. The van der Waals surface area contributed by atoms with Crippen molar-refractivity contribution >= 4 is 23.3 Å². The number of carbonyl (C=O) groups excluding carboxylic acids is 2. The molecule has 0 aromatic heterocycles. The summed E-state index contributed by atoms with van der Waals surface area (Å²) < 4.78 is 10.3. The lowest BCUT2D eigenvalue weighted by Gasteiger charge is -2.29. The Morgan fingerprint density at radius 1 is 0.694 bits per heavy atom. The minimum absolute atomic E-state index is 0.189. The second kappa shape index (κ2) is 12.9. The van der Waals surface area contributed by atoms with E-state index in [1.807, 2.05) is 58.5 Å². The summed E-state index contributed by atoms with van der Waals surface area (Å²) in [4.78, 5) is 22.9. The van der Waals surface area contributed by atoms with Crippen LogP contribution in [0.3, 0.4) is 0 Å². The van der Waals surface area contributed by atoms with E-state index in [-0.39, 0.29) is 13.2 Å². The van der Waals surface area contributed by atoms with E-state index in [1.54, 1.807) is 13.8 Å². The van der Waals surface area contributed by atoms with Crippen LogP contribution >= 0.6 is 0 Å². The van der Waals surface area contributed by atoms with Crippen molar-refractivity contribution in [1.82, 2.24) is 10.0 Å². The summed E-state index contributed by atoms with van der Waals surface area (Å²) in [6, 6.07) is 14.7. The smallest absolute Gasteiger partial charge is 0.333 e. The molecule has 0 unspecified atom stereocenters. The summed E-state index contributed by atoms with van der Waals surface area (Å²) in [5, 5.41) is 20.9. The Morgan fingerprint density at radius 3 is 1.33 bits per heavy atom. The third-order valence-electron chi connectivity index (χ3n) is 5.12. The number of piperazine rings is 1. The number of hydrogen-bond donors (Lipinski definition) is 0. The van der Waals surface area contributed by atoms with Crippen LogP contribution in [0.25, 0.3) is 0 Å². The van der Waals surface area contributed by atoms with Gasteiger partial charge in [0.25, 0.3) is 0 Å². The second-order valence-electron chi connectivity index (χ2n) is 8.33. The van der Waals surface area contributed by atoms with Crippen molar-refractivity contribution in [2.24, 2.45) is 20.7 Å². The molecule has 0 atom stereocenters. The van der Waals surface area contributed by atoms with Gasteiger partial charge in [-0.3, -0.25) is 10.0 Å². The van der Waals surface area contributed by atoms with Gasteiger partial charge in [-0.1, -0.05) is 47.9 Å². The molecule has 36 heavy (non-hydrogen) atoms. The van der Waals surface area contributed by atoms with Crippen LogP contribution in [0.4, 0.5) is 11.4 Å². The highest BCUT2D eigenvalue weighted by Gasteiger charge is 2.14. The van der Waals surface area contributed by atoms with Crippen LogP contribution in [0.1, 0.15) is 25.0 Å². The molecule has 1 aliphatic heterocycles. The van der Waals surface area contributed by atoms with Crippen LogP contribution in [0.2, 0.25) is 0 Å². The lowest BCUT2D eigenvalue weighted by Crippen LogP contribution is -2.40. The van der Waals surface area contributed by atoms with Crippen LogP contribution in [0.15, 0.2) is 93.5 Å². The first kappa shape index (κ1) is 26.3. The molecule has 0 aliphatic carbocycles. The van der Waals surface area contributed by atoms with E-state index in [0.29, 0.717) is 48.7 Å². The molecule has 188 valence electrons. The van der Waals surface area contributed by atoms with E-state index >= 15 is 0 Å². The normalized spacial score (nSPS) is 13.7. The fourth-order valence-corrected chi connectivity index (χ4v) is 2.96. The molecule has 2 aromatic carbocycles. The summed E-state index contributed by atoms with van der Waals surface area (Å²) >= 11 is 0. The van der Waals surface area contributed by atoms with Crippen LogP contribution in [0.5, 0.6) is 0 Å². The van der Waals surface area contributed by atoms with Gasteiger partial charge in [0.1, 0.15) is 13.2 Å². The predicted octanol–water partition coefficient (Wildman–Crippen LogP) is 5.24. The maximum atomic E-state index is 11.5. The highest BCUT2D eigenvalue weighted by molar-refractivity contribution is 5.87. The van der Waals surface area contributed by atoms with Gasteiger partial charge >= 0.3 is 11.9 Å². The van der Waals surface area contributed by atoms with Gasteiger partial charge in [0.2, 0.25) is 0 Å². The Balaban J connectivity index is 1.40. The van der Waals surface area contributed by atoms with Crippen LogP contribution in [-0.2, 0) is 32.3 Å². The molecular formula is C26H30N6O4. The van der Waals surface area contributed by atoms with Crippen molar-refractivity contribution in [2.75, 3.05) is 26.2 Å². The lowest BCUT2D eigenvalue weighted by molar-refractivity contribution is -0.141. The molecule has 0 radical (unpaired) electrons. The molecular weight excluding hydrogens is 460 g/mol. The van der Waals surface area contributed by atoms with Gasteiger partial charge in [0, 0.05) is 11.1 Å². The molecule has 1 fully saturated rings. The van der Waals surface area contributed by atoms with Gasteiger partial charge in [-0.05, 0) is 49.2 Å². The minimum atomic E-state index is -0.408. The first-order valence-corrected chi connectivity index (χ1v) is 11.5. The van der Waals surface area contributed by atoms with E-state index in [2.05, 4.69) is 33.8 Å². The number of ether oxygens (including phenoxy) is 2. The van der Waals surface area contributed by atoms with Gasteiger partial charge < -0.3 is 9.47 Å².